The predicted molar refractivity (Wildman–Crippen MR) is 66.0 cm³/mol. The zero-order valence-electron chi connectivity index (χ0n) is 10.8. The van der Waals surface area contributed by atoms with Crippen molar-refractivity contribution in [1.82, 2.24) is 10.0 Å². The molecule has 0 radical (unpaired) electrons. The Balaban J connectivity index is 4.44. The van der Waals surface area contributed by atoms with Crippen molar-refractivity contribution < 1.29 is 13.2 Å². The summed E-state index contributed by atoms with van der Waals surface area (Å²) >= 11 is 0. The molecule has 0 aliphatic carbocycles. The van der Waals surface area contributed by atoms with Crippen LogP contribution in [0.3, 0.4) is 0 Å². The summed E-state index contributed by atoms with van der Waals surface area (Å²) in [6.07, 6.45) is 0. The fourth-order valence-corrected chi connectivity index (χ4v) is 2.70. The maximum absolute atomic E-state index is 11.9. The molecule has 0 aliphatic rings. The third-order valence-corrected chi connectivity index (χ3v) is 4.20. The molecule has 0 saturated heterocycles. The number of ether oxygens (including phenoxy) is 1. The summed E-state index contributed by atoms with van der Waals surface area (Å²) in [5.74, 6) is 0. The van der Waals surface area contributed by atoms with Gasteiger partial charge in [-0.2, -0.15) is 0 Å². The SMILES string of the molecule is CCNCC(C)S(=O)(=O)NC(C)(C)COC. The van der Waals surface area contributed by atoms with Crippen molar-refractivity contribution in [2.45, 2.75) is 38.5 Å². The van der Waals surface area contributed by atoms with Gasteiger partial charge in [-0.15, -0.1) is 0 Å². The van der Waals surface area contributed by atoms with Gasteiger partial charge in [-0.25, -0.2) is 13.1 Å². The van der Waals surface area contributed by atoms with Crippen LogP contribution in [0, 0.1) is 0 Å². The van der Waals surface area contributed by atoms with Crippen molar-refractivity contribution in [3.63, 3.8) is 0 Å². The first-order valence-corrected chi connectivity index (χ1v) is 7.02. The highest BCUT2D eigenvalue weighted by molar-refractivity contribution is 7.90. The molecule has 6 heteroatoms. The molecule has 0 rings (SSSR count). The Morgan fingerprint density at radius 3 is 2.38 bits per heavy atom. The first-order chi connectivity index (χ1) is 7.25. The van der Waals surface area contributed by atoms with Crippen molar-refractivity contribution in [2.75, 3.05) is 26.8 Å². The van der Waals surface area contributed by atoms with E-state index in [-0.39, 0.29) is 0 Å². The second-order valence-corrected chi connectivity index (χ2v) is 6.68. The second kappa shape index (κ2) is 6.54. The molecule has 0 saturated carbocycles. The first kappa shape index (κ1) is 15.8. The number of nitrogens with one attached hydrogen (secondary N) is 2. The van der Waals surface area contributed by atoms with Gasteiger partial charge in [-0.1, -0.05) is 6.92 Å². The molecule has 5 nitrogen and oxygen atoms in total. The van der Waals surface area contributed by atoms with Crippen molar-refractivity contribution >= 4 is 10.0 Å². The average Bonchev–Trinajstić information content (AvgIpc) is 2.11. The summed E-state index contributed by atoms with van der Waals surface area (Å²) in [6, 6.07) is 0. The van der Waals surface area contributed by atoms with Crippen molar-refractivity contribution in [3.8, 4) is 0 Å². The molecule has 2 N–H and O–H groups in total. The lowest BCUT2D eigenvalue weighted by atomic mass is 10.1. The molecule has 0 amide bonds. The molecular weight excluding hydrogens is 228 g/mol. The van der Waals surface area contributed by atoms with Crippen LogP contribution >= 0.6 is 0 Å². The van der Waals surface area contributed by atoms with Gasteiger partial charge in [0.05, 0.1) is 17.4 Å². The zero-order valence-corrected chi connectivity index (χ0v) is 11.6. The molecule has 98 valence electrons. The lowest BCUT2D eigenvalue weighted by Crippen LogP contribution is -2.51. The van der Waals surface area contributed by atoms with Crippen LogP contribution < -0.4 is 10.0 Å². The lowest BCUT2D eigenvalue weighted by Gasteiger charge is -2.27. The van der Waals surface area contributed by atoms with Gasteiger partial charge in [-0.05, 0) is 27.3 Å². The molecule has 0 aliphatic heterocycles. The summed E-state index contributed by atoms with van der Waals surface area (Å²) < 4.78 is 31.5. The topological polar surface area (TPSA) is 67.4 Å². The van der Waals surface area contributed by atoms with E-state index in [0.717, 1.165) is 6.54 Å². The highest BCUT2D eigenvalue weighted by atomic mass is 32.2. The summed E-state index contributed by atoms with van der Waals surface area (Å²) in [5.41, 5.74) is -0.575. The van der Waals surface area contributed by atoms with Crippen LogP contribution in [0.1, 0.15) is 27.7 Å². The maximum atomic E-state index is 11.9. The standard InChI is InChI=1S/C10H24N2O3S/c1-6-11-7-9(2)16(13,14)12-10(3,4)8-15-5/h9,11-12H,6-8H2,1-5H3. The second-order valence-electron chi connectivity index (χ2n) is 4.58. The largest absolute Gasteiger partial charge is 0.383 e. The third-order valence-electron chi connectivity index (χ3n) is 2.14. The summed E-state index contributed by atoms with van der Waals surface area (Å²) in [5, 5.41) is 2.57. The Bertz CT molecular complexity index is 288. The smallest absolute Gasteiger partial charge is 0.216 e. The summed E-state index contributed by atoms with van der Waals surface area (Å²) in [6.45, 7) is 8.80. The molecule has 1 atom stereocenters. The van der Waals surface area contributed by atoms with Gasteiger partial charge < -0.3 is 10.1 Å². The van der Waals surface area contributed by atoms with E-state index >= 15 is 0 Å². The van der Waals surface area contributed by atoms with Gasteiger partial charge in [0.25, 0.3) is 0 Å². The Hall–Kier alpha value is -0.170. The molecule has 16 heavy (non-hydrogen) atoms. The van der Waals surface area contributed by atoms with Crippen LogP contribution in [0.5, 0.6) is 0 Å². The number of rotatable bonds is 8. The molecule has 0 aromatic heterocycles. The molecule has 0 aromatic rings. The van der Waals surface area contributed by atoms with Crippen molar-refractivity contribution in [2.24, 2.45) is 0 Å². The van der Waals surface area contributed by atoms with E-state index in [2.05, 4.69) is 10.0 Å². The van der Waals surface area contributed by atoms with Gasteiger partial charge in [-0.3, -0.25) is 0 Å². The number of methoxy groups -OCH3 is 1. The molecule has 0 fully saturated rings. The maximum Gasteiger partial charge on any atom is 0.216 e. The molecule has 0 aromatic carbocycles. The van der Waals surface area contributed by atoms with E-state index in [0.29, 0.717) is 13.2 Å². The first-order valence-electron chi connectivity index (χ1n) is 5.47. The summed E-state index contributed by atoms with van der Waals surface area (Å²) in [4.78, 5) is 0. The fraction of sp³-hybridized carbons (Fsp3) is 1.00. The minimum atomic E-state index is -3.30. The van der Waals surface area contributed by atoms with Crippen LogP contribution in [0.25, 0.3) is 0 Å². The van der Waals surface area contributed by atoms with Crippen LogP contribution in [-0.2, 0) is 14.8 Å². The number of sulfonamides is 1. The van der Waals surface area contributed by atoms with Crippen LogP contribution in [-0.4, -0.2) is 46.0 Å². The van der Waals surface area contributed by atoms with E-state index < -0.39 is 20.8 Å². The third kappa shape index (κ3) is 5.79. The van der Waals surface area contributed by atoms with E-state index in [4.69, 9.17) is 4.74 Å². The van der Waals surface area contributed by atoms with Crippen LogP contribution in [0.4, 0.5) is 0 Å². The minimum Gasteiger partial charge on any atom is -0.383 e. The average molecular weight is 252 g/mol. The Morgan fingerprint density at radius 2 is 1.94 bits per heavy atom. The number of hydrogen-bond donors (Lipinski definition) is 2. The minimum absolute atomic E-state index is 0.347. The zero-order chi connectivity index (χ0) is 12.8. The van der Waals surface area contributed by atoms with E-state index in [1.807, 2.05) is 6.92 Å². The normalized spacial score (nSPS) is 15.1. The van der Waals surface area contributed by atoms with Gasteiger partial charge >= 0.3 is 0 Å². The van der Waals surface area contributed by atoms with Crippen molar-refractivity contribution in [1.29, 1.82) is 0 Å². The van der Waals surface area contributed by atoms with E-state index in [1.54, 1.807) is 27.9 Å². The van der Waals surface area contributed by atoms with Gasteiger partial charge in [0, 0.05) is 13.7 Å². The molecule has 0 spiro atoms. The van der Waals surface area contributed by atoms with Crippen LogP contribution in [0.2, 0.25) is 0 Å². The Labute approximate surface area is 99.0 Å². The van der Waals surface area contributed by atoms with Gasteiger partial charge in [0.15, 0.2) is 0 Å². The Morgan fingerprint density at radius 1 is 1.38 bits per heavy atom. The summed E-state index contributed by atoms with van der Waals surface area (Å²) in [7, 11) is -1.75. The molecular formula is C10H24N2O3S. The quantitative estimate of drug-likeness (QED) is 0.653. The molecule has 0 bridgehead atoms. The Kier molecular flexibility index (Phi) is 6.47. The van der Waals surface area contributed by atoms with Crippen LogP contribution in [0.15, 0.2) is 0 Å². The molecule has 1 unspecified atom stereocenters. The fourth-order valence-electron chi connectivity index (χ4n) is 1.33. The highest BCUT2D eigenvalue weighted by Gasteiger charge is 2.28. The van der Waals surface area contributed by atoms with E-state index in [9.17, 15) is 8.42 Å². The lowest BCUT2D eigenvalue weighted by molar-refractivity contribution is 0.141. The van der Waals surface area contributed by atoms with Gasteiger partial charge in [0.2, 0.25) is 10.0 Å². The van der Waals surface area contributed by atoms with E-state index in [1.165, 1.54) is 0 Å². The molecule has 0 heterocycles. The van der Waals surface area contributed by atoms with Crippen molar-refractivity contribution in [3.05, 3.63) is 0 Å². The highest BCUT2D eigenvalue weighted by Crippen LogP contribution is 2.08. The predicted octanol–water partition coefficient (Wildman–Crippen LogP) is 0.329. The monoisotopic (exact) mass is 252 g/mol. The number of hydrogen-bond acceptors (Lipinski definition) is 4. The van der Waals surface area contributed by atoms with Gasteiger partial charge in [0.1, 0.15) is 0 Å².